The molecular formula is C21H32N4O2. The first kappa shape index (κ1) is 19.7. The smallest absolute Gasteiger partial charge is 0.150 e. The lowest BCUT2D eigenvalue weighted by atomic mass is 10.1. The third-order valence-corrected chi connectivity index (χ3v) is 5.20. The predicted molar refractivity (Wildman–Crippen MR) is 109 cm³/mol. The van der Waals surface area contributed by atoms with E-state index in [0.29, 0.717) is 5.92 Å². The summed E-state index contributed by atoms with van der Waals surface area (Å²) in [7, 11) is 3.85. The molecule has 3 rings (SSSR count). The van der Waals surface area contributed by atoms with Gasteiger partial charge in [0.1, 0.15) is 5.75 Å². The van der Waals surface area contributed by atoms with E-state index in [-0.39, 0.29) is 0 Å². The van der Waals surface area contributed by atoms with Gasteiger partial charge in [0.2, 0.25) is 0 Å². The summed E-state index contributed by atoms with van der Waals surface area (Å²) in [5.41, 5.74) is 2.31. The molecule has 0 spiro atoms. The first-order valence-corrected chi connectivity index (χ1v) is 9.80. The van der Waals surface area contributed by atoms with Crippen molar-refractivity contribution < 1.29 is 9.26 Å². The topological polar surface area (TPSA) is 45.0 Å². The number of likely N-dealkylation sites (N-methyl/N-ethyl adjacent to an activating group) is 1. The molecule has 0 aliphatic carbocycles. The zero-order chi connectivity index (χ0) is 19.2. The number of methoxy groups -OCH3 is 1. The van der Waals surface area contributed by atoms with Crippen LogP contribution in [0.15, 0.2) is 34.9 Å². The molecule has 1 aliphatic rings. The molecule has 6 nitrogen and oxygen atoms in total. The normalized spacial score (nSPS) is 15.7. The zero-order valence-corrected chi connectivity index (χ0v) is 17.0. The van der Waals surface area contributed by atoms with Gasteiger partial charge in [-0.1, -0.05) is 19.0 Å². The van der Waals surface area contributed by atoms with E-state index in [0.717, 1.165) is 63.0 Å². The minimum absolute atomic E-state index is 0.412. The van der Waals surface area contributed by atoms with Gasteiger partial charge in [-0.3, -0.25) is 9.80 Å². The van der Waals surface area contributed by atoms with Gasteiger partial charge in [0, 0.05) is 51.0 Å². The van der Waals surface area contributed by atoms with Gasteiger partial charge in [0.05, 0.1) is 19.3 Å². The third-order valence-electron chi connectivity index (χ3n) is 5.20. The Morgan fingerprint density at radius 3 is 2.44 bits per heavy atom. The maximum absolute atomic E-state index is 5.45. The average Bonchev–Trinajstić information content (AvgIpc) is 3.16. The Balaban J connectivity index is 1.39. The Kier molecular flexibility index (Phi) is 6.74. The number of piperazine rings is 1. The molecular weight excluding hydrogens is 340 g/mol. The van der Waals surface area contributed by atoms with Crippen molar-refractivity contribution in [3.8, 4) is 5.75 Å². The molecule has 2 aromatic rings. The standard InChI is InChI=1S/C21H32N4O2/c1-17(2)21-15-20(27-22-21)16-23(3)9-10-24-11-13-25(14-12-24)18-5-7-19(26-4)8-6-18/h5-8,15,17H,9-14,16H2,1-4H3. The lowest BCUT2D eigenvalue weighted by Crippen LogP contribution is -2.48. The quantitative estimate of drug-likeness (QED) is 0.710. The lowest BCUT2D eigenvalue weighted by molar-refractivity contribution is 0.201. The fourth-order valence-electron chi connectivity index (χ4n) is 3.36. The molecule has 27 heavy (non-hydrogen) atoms. The van der Waals surface area contributed by atoms with Crippen molar-refractivity contribution >= 4 is 5.69 Å². The van der Waals surface area contributed by atoms with Crippen LogP contribution < -0.4 is 9.64 Å². The summed E-state index contributed by atoms with van der Waals surface area (Å²) in [5.74, 6) is 2.27. The Bertz CT molecular complexity index is 690. The summed E-state index contributed by atoms with van der Waals surface area (Å²) in [6, 6.07) is 10.4. The zero-order valence-electron chi connectivity index (χ0n) is 17.0. The van der Waals surface area contributed by atoms with Gasteiger partial charge in [-0.25, -0.2) is 0 Å². The van der Waals surface area contributed by atoms with Crippen LogP contribution in [0.1, 0.15) is 31.2 Å². The summed E-state index contributed by atoms with van der Waals surface area (Å²) in [6.45, 7) is 11.5. The van der Waals surface area contributed by atoms with Crippen molar-refractivity contribution in [2.45, 2.75) is 26.3 Å². The Hall–Kier alpha value is -2.05. The number of aromatic nitrogens is 1. The molecule has 6 heteroatoms. The maximum Gasteiger partial charge on any atom is 0.150 e. The average molecular weight is 373 g/mol. The molecule has 0 atom stereocenters. The van der Waals surface area contributed by atoms with Crippen LogP contribution in [0.5, 0.6) is 5.75 Å². The molecule has 0 radical (unpaired) electrons. The molecule has 0 saturated carbocycles. The van der Waals surface area contributed by atoms with Crippen LogP contribution in [0.2, 0.25) is 0 Å². The number of ether oxygens (including phenoxy) is 1. The van der Waals surface area contributed by atoms with Crippen LogP contribution in [0.25, 0.3) is 0 Å². The number of nitrogens with zero attached hydrogens (tertiary/aromatic N) is 4. The van der Waals surface area contributed by atoms with Crippen molar-refractivity contribution in [1.29, 1.82) is 0 Å². The van der Waals surface area contributed by atoms with Gasteiger partial charge < -0.3 is 14.2 Å². The molecule has 0 N–H and O–H groups in total. The van der Waals surface area contributed by atoms with Crippen molar-refractivity contribution in [1.82, 2.24) is 15.0 Å². The van der Waals surface area contributed by atoms with Gasteiger partial charge in [-0.15, -0.1) is 0 Å². The molecule has 1 fully saturated rings. The van der Waals surface area contributed by atoms with E-state index in [1.54, 1.807) is 7.11 Å². The van der Waals surface area contributed by atoms with Crippen LogP contribution in [0.3, 0.4) is 0 Å². The highest BCUT2D eigenvalue weighted by Gasteiger charge is 2.18. The molecule has 0 unspecified atom stereocenters. The Morgan fingerprint density at radius 1 is 1.15 bits per heavy atom. The Labute approximate surface area is 162 Å². The van der Waals surface area contributed by atoms with E-state index in [2.05, 4.69) is 59.0 Å². The van der Waals surface area contributed by atoms with Crippen LogP contribution in [0, 0.1) is 0 Å². The highest BCUT2D eigenvalue weighted by Crippen LogP contribution is 2.20. The first-order valence-electron chi connectivity index (χ1n) is 9.80. The lowest BCUT2D eigenvalue weighted by Gasteiger charge is -2.36. The summed E-state index contributed by atoms with van der Waals surface area (Å²) < 4.78 is 10.7. The number of rotatable bonds is 8. The SMILES string of the molecule is COc1ccc(N2CCN(CCN(C)Cc3cc(C(C)C)no3)CC2)cc1. The number of benzene rings is 1. The molecule has 1 aliphatic heterocycles. The number of hydrogen-bond donors (Lipinski definition) is 0. The molecule has 148 valence electrons. The van der Waals surface area contributed by atoms with Crippen molar-refractivity contribution in [3.05, 3.63) is 41.8 Å². The number of anilines is 1. The molecule has 1 aromatic carbocycles. The molecule has 1 saturated heterocycles. The highest BCUT2D eigenvalue weighted by molar-refractivity contribution is 5.49. The van der Waals surface area contributed by atoms with Gasteiger partial charge in [-0.05, 0) is 37.2 Å². The maximum atomic E-state index is 5.45. The fourth-order valence-corrected chi connectivity index (χ4v) is 3.36. The molecule has 1 aromatic heterocycles. The minimum Gasteiger partial charge on any atom is -0.497 e. The summed E-state index contributed by atoms with van der Waals surface area (Å²) in [4.78, 5) is 7.29. The van der Waals surface area contributed by atoms with Crippen molar-refractivity contribution in [2.75, 3.05) is 58.3 Å². The van der Waals surface area contributed by atoms with E-state index < -0.39 is 0 Å². The fraction of sp³-hybridized carbons (Fsp3) is 0.571. The van der Waals surface area contributed by atoms with Gasteiger partial charge in [0.25, 0.3) is 0 Å². The van der Waals surface area contributed by atoms with Crippen LogP contribution in [0.4, 0.5) is 5.69 Å². The Morgan fingerprint density at radius 2 is 1.85 bits per heavy atom. The molecule has 2 heterocycles. The number of hydrogen-bond acceptors (Lipinski definition) is 6. The summed E-state index contributed by atoms with van der Waals surface area (Å²) >= 11 is 0. The summed E-state index contributed by atoms with van der Waals surface area (Å²) in [5, 5.41) is 4.14. The van der Waals surface area contributed by atoms with E-state index in [4.69, 9.17) is 9.26 Å². The second-order valence-corrected chi connectivity index (χ2v) is 7.64. The largest absolute Gasteiger partial charge is 0.497 e. The minimum atomic E-state index is 0.412. The van der Waals surface area contributed by atoms with E-state index >= 15 is 0 Å². The van der Waals surface area contributed by atoms with Gasteiger partial charge >= 0.3 is 0 Å². The third kappa shape index (κ3) is 5.47. The van der Waals surface area contributed by atoms with Crippen LogP contribution in [-0.2, 0) is 6.54 Å². The second kappa shape index (κ2) is 9.24. The van der Waals surface area contributed by atoms with Crippen molar-refractivity contribution in [2.24, 2.45) is 0 Å². The van der Waals surface area contributed by atoms with Gasteiger partial charge in [-0.2, -0.15) is 0 Å². The van der Waals surface area contributed by atoms with E-state index in [9.17, 15) is 0 Å². The van der Waals surface area contributed by atoms with Crippen LogP contribution >= 0.6 is 0 Å². The van der Waals surface area contributed by atoms with Crippen molar-refractivity contribution in [3.63, 3.8) is 0 Å². The van der Waals surface area contributed by atoms with Crippen LogP contribution in [-0.4, -0.2) is 68.4 Å². The molecule has 0 amide bonds. The second-order valence-electron chi connectivity index (χ2n) is 7.64. The first-order chi connectivity index (χ1) is 13.0. The van der Waals surface area contributed by atoms with E-state index in [1.165, 1.54) is 5.69 Å². The van der Waals surface area contributed by atoms with Gasteiger partial charge in [0.15, 0.2) is 5.76 Å². The molecule has 0 bridgehead atoms. The van der Waals surface area contributed by atoms with E-state index in [1.807, 2.05) is 12.1 Å². The predicted octanol–water partition coefficient (Wildman–Crippen LogP) is 3.06. The highest BCUT2D eigenvalue weighted by atomic mass is 16.5. The summed E-state index contributed by atoms with van der Waals surface area (Å²) in [6.07, 6.45) is 0. The monoisotopic (exact) mass is 372 g/mol.